The van der Waals surface area contributed by atoms with Gasteiger partial charge in [0.25, 0.3) is 0 Å². The number of hydrogen-bond acceptors (Lipinski definition) is 4. The van der Waals surface area contributed by atoms with Gasteiger partial charge >= 0.3 is 0 Å². The number of ether oxygens (including phenoxy) is 1. The highest BCUT2D eigenvalue weighted by atomic mass is 35.5. The van der Waals surface area contributed by atoms with E-state index in [-0.39, 0.29) is 12.4 Å². The molecule has 1 aliphatic rings. The number of benzene rings is 1. The molecule has 1 aromatic rings. The minimum Gasteiger partial charge on any atom is -0.378 e. The summed E-state index contributed by atoms with van der Waals surface area (Å²) in [4.78, 5) is 6.90. The van der Waals surface area contributed by atoms with E-state index in [4.69, 9.17) is 10.6 Å². The number of anilines is 1. The van der Waals surface area contributed by atoms with Crippen LogP contribution in [0.15, 0.2) is 24.3 Å². The molecule has 0 radical (unpaired) electrons. The van der Waals surface area contributed by atoms with Crippen LogP contribution >= 0.6 is 12.4 Å². The fourth-order valence-corrected chi connectivity index (χ4v) is 1.72. The van der Waals surface area contributed by atoms with Crippen molar-refractivity contribution in [1.82, 2.24) is 0 Å². The third kappa shape index (κ3) is 3.35. The molecule has 90 valence electrons. The van der Waals surface area contributed by atoms with Gasteiger partial charge in [-0.05, 0) is 17.7 Å². The molecule has 1 aliphatic heterocycles. The first-order valence-corrected chi connectivity index (χ1v) is 5.13. The lowest BCUT2D eigenvalue weighted by Crippen LogP contribution is -2.36. The molecule has 1 saturated heterocycles. The van der Waals surface area contributed by atoms with Gasteiger partial charge in [0, 0.05) is 18.8 Å². The van der Waals surface area contributed by atoms with Gasteiger partial charge < -0.3 is 9.64 Å². The smallest absolute Gasteiger partial charge is 0.0930 e. The van der Waals surface area contributed by atoms with Crippen LogP contribution in [0.25, 0.3) is 0 Å². The molecule has 0 saturated carbocycles. The van der Waals surface area contributed by atoms with Gasteiger partial charge in [-0.25, -0.2) is 5.90 Å². The Morgan fingerprint density at radius 3 is 2.38 bits per heavy atom. The number of halogens is 1. The summed E-state index contributed by atoms with van der Waals surface area (Å²) in [5, 5.41) is 0. The summed E-state index contributed by atoms with van der Waals surface area (Å²) in [6, 6.07) is 8.27. The Bertz CT molecular complexity index is 299. The summed E-state index contributed by atoms with van der Waals surface area (Å²) in [6.45, 7) is 4.02. The van der Waals surface area contributed by atoms with Crippen LogP contribution in [0.3, 0.4) is 0 Å². The van der Waals surface area contributed by atoms with Gasteiger partial charge in [-0.3, -0.25) is 4.84 Å². The molecule has 0 bridgehead atoms. The quantitative estimate of drug-likeness (QED) is 0.816. The zero-order chi connectivity index (χ0) is 10.5. The summed E-state index contributed by atoms with van der Waals surface area (Å²) in [5.74, 6) is 5.01. The normalized spacial score (nSPS) is 15.7. The van der Waals surface area contributed by atoms with Gasteiger partial charge in [0.05, 0.1) is 19.8 Å². The first-order valence-electron chi connectivity index (χ1n) is 5.13. The number of nitrogens with zero attached hydrogens (tertiary/aromatic N) is 1. The van der Waals surface area contributed by atoms with Gasteiger partial charge in [0.1, 0.15) is 0 Å². The fraction of sp³-hybridized carbons (Fsp3) is 0.455. The Morgan fingerprint density at radius 1 is 1.19 bits per heavy atom. The number of rotatable bonds is 3. The maximum Gasteiger partial charge on any atom is 0.0930 e. The standard InChI is InChI=1S/C11H16N2O2.ClH/c12-15-9-10-1-3-11(4-2-10)13-5-7-14-8-6-13;/h1-4H,5-9,12H2;1H. The van der Waals surface area contributed by atoms with Crippen LogP contribution in [0, 0.1) is 0 Å². The van der Waals surface area contributed by atoms with E-state index < -0.39 is 0 Å². The predicted molar refractivity (Wildman–Crippen MR) is 65.7 cm³/mol. The molecule has 5 heteroatoms. The molecule has 0 unspecified atom stereocenters. The molecule has 1 aromatic carbocycles. The monoisotopic (exact) mass is 244 g/mol. The van der Waals surface area contributed by atoms with E-state index in [1.165, 1.54) is 5.69 Å². The molecule has 1 fully saturated rings. The van der Waals surface area contributed by atoms with Gasteiger partial charge in [-0.1, -0.05) is 12.1 Å². The van der Waals surface area contributed by atoms with E-state index in [1.807, 2.05) is 12.1 Å². The molecular weight excluding hydrogens is 228 g/mol. The van der Waals surface area contributed by atoms with Gasteiger partial charge in [0.15, 0.2) is 0 Å². The van der Waals surface area contributed by atoms with Crippen molar-refractivity contribution >= 4 is 18.1 Å². The summed E-state index contributed by atoms with van der Waals surface area (Å²) < 4.78 is 5.31. The van der Waals surface area contributed by atoms with Crippen LogP contribution in [0.4, 0.5) is 5.69 Å². The van der Waals surface area contributed by atoms with Gasteiger partial charge in [0.2, 0.25) is 0 Å². The molecule has 0 aliphatic carbocycles. The molecule has 16 heavy (non-hydrogen) atoms. The van der Waals surface area contributed by atoms with E-state index in [2.05, 4.69) is 21.9 Å². The van der Waals surface area contributed by atoms with Crippen LogP contribution in [-0.2, 0) is 16.2 Å². The first kappa shape index (κ1) is 13.3. The minimum absolute atomic E-state index is 0. The van der Waals surface area contributed by atoms with Crippen molar-refractivity contribution in [2.24, 2.45) is 5.90 Å². The van der Waals surface area contributed by atoms with Crippen molar-refractivity contribution < 1.29 is 9.57 Å². The maximum absolute atomic E-state index is 5.31. The SMILES string of the molecule is Cl.NOCc1ccc(N2CCOCC2)cc1. The van der Waals surface area contributed by atoms with Crippen molar-refractivity contribution in [2.45, 2.75) is 6.61 Å². The van der Waals surface area contributed by atoms with Crippen molar-refractivity contribution in [1.29, 1.82) is 0 Å². The minimum atomic E-state index is 0. The van der Waals surface area contributed by atoms with Crippen LogP contribution in [-0.4, -0.2) is 26.3 Å². The van der Waals surface area contributed by atoms with Crippen molar-refractivity contribution in [2.75, 3.05) is 31.2 Å². The Labute approximate surface area is 102 Å². The molecule has 0 aromatic heterocycles. The second-order valence-electron chi connectivity index (χ2n) is 3.58. The zero-order valence-electron chi connectivity index (χ0n) is 9.09. The van der Waals surface area contributed by atoms with Crippen LogP contribution in [0.1, 0.15) is 5.56 Å². The summed E-state index contributed by atoms with van der Waals surface area (Å²) in [6.07, 6.45) is 0. The second kappa shape index (κ2) is 6.70. The highest BCUT2D eigenvalue weighted by Gasteiger charge is 2.10. The highest BCUT2D eigenvalue weighted by molar-refractivity contribution is 5.85. The van der Waals surface area contributed by atoms with Gasteiger partial charge in [-0.15, -0.1) is 12.4 Å². The van der Waals surface area contributed by atoms with E-state index in [0.717, 1.165) is 31.9 Å². The second-order valence-corrected chi connectivity index (χ2v) is 3.58. The number of morpholine rings is 1. The average molecular weight is 245 g/mol. The molecule has 0 atom stereocenters. The summed E-state index contributed by atoms with van der Waals surface area (Å²) >= 11 is 0. The molecule has 0 amide bonds. The summed E-state index contributed by atoms with van der Waals surface area (Å²) in [5.41, 5.74) is 2.33. The molecule has 4 nitrogen and oxygen atoms in total. The highest BCUT2D eigenvalue weighted by Crippen LogP contribution is 2.16. The lowest BCUT2D eigenvalue weighted by molar-refractivity contribution is 0.122. The van der Waals surface area contributed by atoms with Crippen molar-refractivity contribution in [3.8, 4) is 0 Å². The Morgan fingerprint density at radius 2 is 1.81 bits per heavy atom. The molecule has 2 N–H and O–H groups in total. The lowest BCUT2D eigenvalue weighted by atomic mass is 10.2. The fourth-order valence-electron chi connectivity index (χ4n) is 1.72. The molecule has 2 rings (SSSR count). The van der Waals surface area contributed by atoms with Crippen LogP contribution in [0.5, 0.6) is 0 Å². The van der Waals surface area contributed by atoms with Crippen molar-refractivity contribution in [3.05, 3.63) is 29.8 Å². The molecule has 1 heterocycles. The van der Waals surface area contributed by atoms with E-state index in [9.17, 15) is 0 Å². The third-order valence-electron chi connectivity index (χ3n) is 2.56. The Balaban J connectivity index is 0.00000128. The topological polar surface area (TPSA) is 47.7 Å². The van der Waals surface area contributed by atoms with E-state index >= 15 is 0 Å². The van der Waals surface area contributed by atoms with Crippen molar-refractivity contribution in [3.63, 3.8) is 0 Å². The van der Waals surface area contributed by atoms with Crippen LogP contribution < -0.4 is 10.8 Å². The third-order valence-corrected chi connectivity index (χ3v) is 2.56. The predicted octanol–water partition coefficient (Wildman–Crippen LogP) is 1.34. The Hall–Kier alpha value is -0.810. The number of hydrogen-bond donors (Lipinski definition) is 1. The average Bonchev–Trinajstić information content (AvgIpc) is 2.32. The zero-order valence-corrected chi connectivity index (χ0v) is 9.91. The summed E-state index contributed by atoms with van der Waals surface area (Å²) in [7, 11) is 0. The molecular formula is C11H17ClN2O2. The maximum atomic E-state index is 5.31. The van der Waals surface area contributed by atoms with Gasteiger partial charge in [-0.2, -0.15) is 0 Å². The van der Waals surface area contributed by atoms with Crippen LogP contribution in [0.2, 0.25) is 0 Å². The largest absolute Gasteiger partial charge is 0.378 e. The number of nitrogens with two attached hydrogens (primary N) is 1. The Kier molecular flexibility index (Phi) is 5.55. The van der Waals surface area contributed by atoms with E-state index in [1.54, 1.807) is 0 Å². The first-order chi connectivity index (χ1) is 7.40. The lowest BCUT2D eigenvalue weighted by Gasteiger charge is -2.28. The van der Waals surface area contributed by atoms with E-state index in [0.29, 0.717) is 6.61 Å². The molecule has 0 spiro atoms.